The first-order valence-electron chi connectivity index (χ1n) is 12.6. The van der Waals surface area contributed by atoms with Gasteiger partial charge >= 0.3 is 253 Å². The van der Waals surface area contributed by atoms with Crippen LogP contribution >= 0.6 is 22.7 Å². The molecule has 2 aromatic carbocycles. The van der Waals surface area contributed by atoms with Crippen LogP contribution in [0.4, 0.5) is 5.13 Å². The number of aliphatic hydroxyl groups excluding tert-OH is 1. The molecule has 7 rings (SSSR count). The Balaban J connectivity index is 1.01. The molecule has 0 spiro atoms. The number of benzene rings is 2. The number of aliphatic hydroxyl groups is 1. The second-order valence-electron chi connectivity index (χ2n) is 9.25. The van der Waals surface area contributed by atoms with Crippen LogP contribution in [-0.4, -0.2) is 88.4 Å². The van der Waals surface area contributed by atoms with E-state index in [1.54, 1.807) is 26.4 Å². The summed E-state index contributed by atoms with van der Waals surface area (Å²) in [4.78, 5) is 28.1. The van der Waals surface area contributed by atoms with Gasteiger partial charge in [0.05, 0.1) is 0 Å². The van der Waals surface area contributed by atoms with E-state index in [1.165, 1.54) is 22.7 Å². The van der Waals surface area contributed by atoms with Crippen molar-refractivity contribution in [1.29, 1.82) is 0 Å². The van der Waals surface area contributed by atoms with Gasteiger partial charge in [-0.05, 0) is 0 Å². The molecule has 0 unspecified atom stereocenters. The third kappa shape index (κ3) is 4.99. The van der Waals surface area contributed by atoms with Gasteiger partial charge in [0.1, 0.15) is 0 Å². The summed E-state index contributed by atoms with van der Waals surface area (Å²) in [7, 11) is 1.58. The zero-order valence-corrected chi connectivity index (χ0v) is 26.5. The molecule has 16 heteroatoms. The summed E-state index contributed by atoms with van der Waals surface area (Å²) < 4.78 is 16.8. The molecule has 0 saturated carbocycles. The average Bonchev–Trinajstić information content (AvgIpc) is 3.80. The van der Waals surface area contributed by atoms with Crippen molar-refractivity contribution in [2.24, 2.45) is 0 Å². The number of ether oxygens (including phenoxy) is 2. The Morgan fingerprint density at radius 1 is 0.878 bits per heavy atom. The van der Waals surface area contributed by atoms with Crippen molar-refractivity contribution in [2.45, 2.75) is 25.6 Å². The molecule has 4 aromatic heterocycles. The van der Waals surface area contributed by atoms with Crippen molar-refractivity contribution in [2.75, 3.05) is 25.1 Å². The van der Waals surface area contributed by atoms with Crippen LogP contribution in [0.5, 0.6) is 10.9 Å². The first kappa shape index (κ1) is 26.8. The van der Waals surface area contributed by atoms with Crippen molar-refractivity contribution >= 4 is 76.6 Å². The number of rotatable bonds is 7. The molecule has 0 aliphatic carbocycles. The number of methoxy groups -OCH3 is 1. The van der Waals surface area contributed by atoms with Crippen LogP contribution in [0.3, 0.4) is 0 Å². The molecule has 0 amide bonds. The first-order valence-corrected chi connectivity index (χ1v) is 17.4. The van der Waals surface area contributed by atoms with E-state index in [4.69, 9.17) is 9.47 Å². The molecule has 0 radical (unpaired) electrons. The van der Waals surface area contributed by atoms with E-state index >= 15 is 0 Å². The van der Waals surface area contributed by atoms with E-state index in [1.807, 2.05) is 24.3 Å². The second kappa shape index (κ2) is 11.0. The molecule has 1 fully saturated rings. The number of aromatic nitrogens is 6. The summed E-state index contributed by atoms with van der Waals surface area (Å²) in [5.41, 5.74) is 0.531. The van der Waals surface area contributed by atoms with Crippen LogP contribution in [-0.2, 0) is 6.61 Å². The fraction of sp³-hybridized carbons (Fsp3) is 0.280. The Morgan fingerprint density at radius 2 is 1.51 bits per heavy atom. The number of anilines is 1. The summed E-state index contributed by atoms with van der Waals surface area (Å²) in [5, 5.41) is 30.2. The number of piperidine rings is 1. The van der Waals surface area contributed by atoms with Crippen molar-refractivity contribution < 1.29 is 14.6 Å². The Kier molecular flexibility index (Phi) is 7.15. The predicted octanol–water partition coefficient (Wildman–Crippen LogP) is 1.66. The minimum atomic E-state index is -0.215. The van der Waals surface area contributed by atoms with Crippen molar-refractivity contribution in [3.63, 3.8) is 0 Å². The van der Waals surface area contributed by atoms with Gasteiger partial charge in [-0.2, -0.15) is 0 Å². The van der Waals surface area contributed by atoms with Crippen molar-refractivity contribution in [1.82, 2.24) is 27.5 Å². The molecular formula is C25H21N7O5S2Se2. The third-order valence-electron chi connectivity index (χ3n) is 6.75. The second-order valence-corrected chi connectivity index (χ2v) is 15.3. The Morgan fingerprint density at radius 3 is 2.22 bits per heavy atom. The van der Waals surface area contributed by atoms with Crippen LogP contribution in [0, 0.1) is 0 Å². The molecule has 41 heavy (non-hydrogen) atoms. The molecular weight excluding hydrogens is 700 g/mol. The Hall–Kier alpha value is -3.10. The molecule has 0 atom stereocenters. The number of hydrogen-bond donors (Lipinski definition) is 1. The van der Waals surface area contributed by atoms with Gasteiger partial charge in [0, 0.05) is 0 Å². The number of hydrogen-bond acceptors (Lipinski definition) is 12. The van der Waals surface area contributed by atoms with Gasteiger partial charge in [-0.15, -0.1) is 0 Å². The quantitative estimate of drug-likeness (QED) is 0.243. The number of fused-ring (bicyclic) bond motifs is 2. The Bertz CT molecular complexity index is 2000. The van der Waals surface area contributed by atoms with Gasteiger partial charge in [0.25, 0.3) is 0 Å². The average molecular weight is 722 g/mol. The van der Waals surface area contributed by atoms with Crippen molar-refractivity contribution in [3.8, 4) is 21.2 Å². The minimum absolute atomic E-state index is 0.0283. The molecule has 5 heterocycles. The molecule has 6 aromatic rings. The fourth-order valence-electron chi connectivity index (χ4n) is 4.61. The van der Waals surface area contributed by atoms with Gasteiger partial charge in [-0.3, -0.25) is 0 Å². The van der Waals surface area contributed by atoms with E-state index in [0.29, 0.717) is 32.0 Å². The van der Waals surface area contributed by atoms with E-state index in [2.05, 4.69) is 25.3 Å². The molecule has 1 aliphatic rings. The summed E-state index contributed by atoms with van der Waals surface area (Å²) in [6.45, 7) is 1.37. The summed E-state index contributed by atoms with van der Waals surface area (Å²) in [6, 6.07) is 11.1. The normalized spacial score (nSPS) is 14.3. The van der Waals surface area contributed by atoms with Crippen molar-refractivity contribution in [3.05, 3.63) is 62.7 Å². The van der Waals surface area contributed by atoms with Gasteiger partial charge in [-0.1, -0.05) is 0 Å². The Labute approximate surface area is 252 Å². The third-order valence-corrected chi connectivity index (χ3v) is 13.5. The summed E-state index contributed by atoms with van der Waals surface area (Å²) in [6.07, 6.45) is 1.51. The molecule has 12 nitrogen and oxygen atoms in total. The van der Waals surface area contributed by atoms with Gasteiger partial charge < -0.3 is 0 Å². The maximum absolute atomic E-state index is 13.0. The van der Waals surface area contributed by atoms with Crippen LogP contribution in [0.15, 0.2) is 46.0 Å². The summed E-state index contributed by atoms with van der Waals surface area (Å²) in [5.74, 6) is 0.653. The van der Waals surface area contributed by atoms with Gasteiger partial charge in [-0.25, -0.2) is 0 Å². The predicted molar refractivity (Wildman–Crippen MR) is 158 cm³/mol. The molecule has 1 saturated heterocycles. The molecule has 0 bridgehead atoms. The maximum atomic E-state index is 13.0. The number of nitrogens with zero attached hydrogens (tertiary/aromatic N) is 7. The molecule has 1 aliphatic heterocycles. The topological polar surface area (TPSA) is 137 Å². The fourth-order valence-corrected chi connectivity index (χ4v) is 10.6. The monoisotopic (exact) mass is 723 g/mol. The van der Waals surface area contributed by atoms with E-state index in [9.17, 15) is 14.7 Å². The van der Waals surface area contributed by atoms with E-state index in [0.717, 1.165) is 45.1 Å². The molecule has 1 N–H and O–H groups in total. The standard InChI is InChI=1S/C25H21N7O5S2Se2/c1-36-15-3-5-19-17(11-15)21(35)32(41-19)24-28-29-25(39-24)37-14-6-8-30(9-7-14)22-26-27-23(38-22)31-20(34)16-10-13(12-33)2-4-18(16)40-31/h2-5,10-11,14,33H,6-9,12H2,1H3. The molecule has 210 valence electrons. The van der Waals surface area contributed by atoms with E-state index < -0.39 is 0 Å². The SMILES string of the molecule is COc1ccc2[se]n(-c3nnc(OC4CCN(c5nnc(-n6[se]c7ccc(CO)cc7c6=O)s5)CC4)s3)c(=O)c2c1. The van der Waals surface area contributed by atoms with Crippen LogP contribution < -0.4 is 25.5 Å². The first-order chi connectivity index (χ1) is 20.0. The zero-order valence-electron chi connectivity index (χ0n) is 21.4. The summed E-state index contributed by atoms with van der Waals surface area (Å²) >= 11 is 2.26. The van der Waals surface area contributed by atoms with Crippen LogP contribution in [0.1, 0.15) is 18.4 Å². The van der Waals surface area contributed by atoms with E-state index in [-0.39, 0.29) is 53.3 Å². The van der Waals surface area contributed by atoms with Crippen LogP contribution in [0.2, 0.25) is 0 Å². The van der Waals surface area contributed by atoms with Crippen LogP contribution in [0.25, 0.3) is 29.6 Å². The zero-order chi connectivity index (χ0) is 28.1. The van der Waals surface area contributed by atoms with Gasteiger partial charge in [0.15, 0.2) is 0 Å². The van der Waals surface area contributed by atoms with Gasteiger partial charge in [0.2, 0.25) is 0 Å².